The molecule has 1 amide bonds. The van der Waals surface area contributed by atoms with Crippen LogP contribution in [-0.4, -0.2) is 29.6 Å². The maximum absolute atomic E-state index is 13.0. The lowest BCUT2D eigenvalue weighted by atomic mass is 10.1. The summed E-state index contributed by atoms with van der Waals surface area (Å²) in [6, 6.07) is 6.35. The van der Waals surface area contributed by atoms with Crippen molar-refractivity contribution in [3.63, 3.8) is 0 Å². The average molecular weight is 318 g/mol. The molecule has 1 unspecified atom stereocenters. The molecular formula is C19H27FN2O. The second kappa shape index (κ2) is 9.23. The summed E-state index contributed by atoms with van der Waals surface area (Å²) in [7, 11) is 1.83. The summed E-state index contributed by atoms with van der Waals surface area (Å²) in [4.78, 5) is 18.9. The van der Waals surface area contributed by atoms with Gasteiger partial charge in [0.1, 0.15) is 11.5 Å². The molecule has 0 aliphatic heterocycles. The molecule has 0 fully saturated rings. The van der Waals surface area contributed by atoms with Crippen LogP contribution >= 0.6 is 0 Å². The first-order chi connectivity index (χ1) is 10.9. The van der Waals surface area contributed by atoms with Crippen molar-refractivity contribution in [2.24, 2.45) is 4.99 Å². The summed E-state index contributed by atoms with van der Waals surface area (Å²) in [5.41, 5.74) is 1.93. The molecule has 0 saturated heterocycles. The first kappa shape index (κ1) is 19.1. The Kier molecular flexibility index (Phi) is 7.66. The van der Waals surface area contributed by atoms with Crippen molar-refractivity contribution in [3.8, 4) is 0 Å². The van der Waals surface area contributed by atoms with Gasteiger partial charge in [0.05, 0.1) is 0 Å². The second-order valence-electron chi connectivity index (χ2n) is 5.64. The van der Waals surface area contributed by atoms with Gasteiger partial charge in [-0.3, -0.25) is 4.79 Å². The highest BCUT2D eigenvalue weighted by Crippen LogP contribution is 2.14. The predicted molar refractivity (Wildman–Crippen MR) is 94.1 cm³/mol. The Morgan fingerprint density at radius 3 is 2.39 bits per heavy atom. The van der Waals surface area contributed by atoms with E-state index in [1.165, 1.54) is 12.1 Å². The third kappa shape index (κ3) is 5.31. The highest BCUT2D eigenvalue weighted by molar-refractivity contribution is 6.03. The van der Waals surface area contributed by atoms with E-state index in [0.29, 0.717) is 11.4 Å². The van der Waals surface area contributed by atoms with Gasteiger partial charge in [-0.25, -0.2) is 9.38 Å². The van der Waals surface area contributed by atoms with Crippen molar-refractivity contribution in [3.05, 3.63) is 47.4 Å². The van der Waals surface area contributed by atoms with Gasteiger partial charge < -0.3 is 4.90 Å². The van der Waals surface area contributed by atoms with Crippen LogP contribution in [0.15, 0.2) is 41.0 Å². The minimum atomic E-state index is -0.283. The Bertz CT molecular complexity index is 576. The van der Waals surface area contributed by atoms with Gasteiger partial charge >= 0.3 is 0 Å². The molecule has 0 N–H and O–H groups in total. The standard InChI is InChI=1S/C19H27FN2O/c1-6-9-17(7-2)22(5)19(23)18(8-3)21-14(4)15-10-12-16(20)13-11-15/h8,10-13,17H,6-7,9H2,1-5H3/b18-8-,21-14+. The molecule has 0 heterocycles. The van der Waals surface area contributed by atoms with E-state index in [1.807, 2.05) is 20.9 Å². The predicted octanol–water partition coefficient (Wildman–Crippen LogP) is 4.58. The zero-order valence-electron chi connectivity index (χ0n) is 14.8. The van der Waals surface area contributed by atoms with Crippen LogP contribution in [0.25, 0.3) is 0 Å². The van der Waals surface area contributed by atoms with Crippen LogP contribution in [0.4, 0.5) is 4.39 Å². The summed E-state index contributed by atoms with van der Waals surface area (Å²) in [6.07, 6.45) is 4.67. The fourth-order valence-electron chi connectivity index (χ4n) is 2.52. The maximum Gasteiger partial charge on any atom is 0.272 e. The number of halogens is 1. The minimum absolute atomic E-state index is 0.0748. The van der Waals surface area contributed by atoms with Crippen molar-refractivity contribution < 1.29 is 9.18 Å². The zero-order chi connectivity index (χ0) is 17.4. The number of nitrogens with zero attached hydrogens (tertiary/aromatic N) is 2. The third-order valence-electron chi connectivity index (χ3n) is 4.00. The molecule has 0 spiro atoms. The van der Waals surface area contributed by atoms with Gasteiger partial charge in [-0.15, -0.1) is 0 Å². The highest BCUT2D eigenvalue weighted by atomic mass is 19.1. The van der Waals surface area contributed by atoms with Crippen molar-refractivity contribution in [2.45, 2.75) is 53.0 Å². The van der Waals surface area contributed by atoms with Gasteiger partial charge in [-0.05, 0) is 44.4 Å². The van der Waals surface area contributed by atoms with Crippen LogP contribution in [-0.2, 0) is 4.79 Å². The molecule has 1 aromatic rings. The maximum atomic E-state index is 13.0. The molecule has 0 aromatic heterocycles. The first-order valence-corrected chi connectivity index (χ1v) is 8.19. The fourth-order valence-corrected chi connectivity index (χ4v) is 2.52. The summed E-state index contributed by atoms with van der Waals surface area (Å²) < 4.78 is 13.0. The lowest BCUT2D eigenvalue weighted by Gasteiger charge is -2.27. The molecule has 23 heavy (non-hydrogen) atoms. The highest BCUT2D eigenvalue weighted by Gasteiger charge is 2.20. The molecular weight excluding hydrogens is 291 g/mol. The Morgan fingerprint density at radius 1 is 1.30 bits per heavy atom. The first-order valence-electron chi connectivity index (χ1n) is 8.19. The van der Waals surface area contributed by atoms with E-state index >= 15 is 0 Å². The molecule has 1 rings (SSSR count). The summed E-state index contributed by atoms with van der Waals surface area (Å²) in [5, 5.41) is 0. The molecule has 0 aliphatic rings. The lowest BCUT2D eigenvalue weighted by Crippen LogP contribution is -2.37. The van der Waals surface area contributed by atoms with Gasteiger partial charge in [-0.1, -0.05) is 38.5 Å². The van der Waals surface area contributed by atoms with Crippen LogP contribution in [0.5, 0.6) is 0 Å². The van der Waals surface area contributed by atoms with Gasteiger partial charge in [-0.2, -0.15) is 0 Å². The Hall–Kier alpha value is -1.97. The number of carbonyl (C=O) groups excluding carboxylic acids is 1. The molecule has 0 radical (unpaired) electrons. The van der Waals surface area contributed by atoms with Crippen molar-refractivity contribution in [1.82, 2.24) is 4.90 Å². The van der Waals surface area contributed by atoms with E-state index in [1.54, 1.807) is 23.1 Å². The summed E-state index contributed by atoms with van der Waals surface area (Å²) in [6.45, 7) is 7.84. The zero-order valence-corrected chi connectivity index (χ0v) is 14.8. The van der Waals surface area contributed by atoms with Gasteiger partial charge in [0.2, 0.25) is 0 Å². The number of allylic oxidation sites excluding steroid dienone is 1. The number of hydrogen-bond donors (Lipinski definition) is 0. The van der Waals surface area contributed by atoms with E-state index in [2.05, 4.69) is 18.8 Å². The van der Waals surface area contributed by atoms with Crippen molar-refractivity contribution in [2.75, 3.05) is 7.05 Å². The van der Waals surface area contributed by atoms with Gasteiger partial charge in [0.15, 0.2) is 0 Å². The number of benzene rings is 1. The van der Waals surface area contributed by atoms with Crippen LogP contribution in [0.3, 0.4) is 0 Å². The van der Waals surface area contributed by atoms with E-state index < -0.39 is 0 Å². The van der Waals surface area contributed by atoms with E-state index in [4.69, 9.17) is 0 Å². The quantitative estimate of drug-likeness (QED) is 0.535. The van der Waals surface area contributed by atoms with Crippen LogP contribution in [0.2, 0.25) is 0 Å². The Morgan fingerprint density at radius 2 is 1.91 bits per heavy atom. The molecule has 0 aliphatic carbocycles. The summed E-state index contributed by atoms with van der Waals surface area (Å²) in [5.74, 6) is -0.358. The molecule has 1 atom stereocenters. The molecule has 0 saturated carbocycles. The molecule has 0 bridgehead atoms. The second-order valence-corrected chi connectivity index (χ2v) is 5.64. The SMILES string of the molecule is C/C=C(\N=C(/C)c1ccc(F)cc1)C(=O)N(C)C(CC)CCC. The molecule has 1 aromatic carbocycles. The van der Waals surface area contributed by atoms with Crippen LogP contribution in [0, 0.1) is 5.82 Å². The number of rotatable bonds is 7. The van der Waals surface area contributed by atoms with Crippen molar-refractivity contribution in [1.29, 1.82) is 0 Å². The number of carbonyl (C=O) groups is 1. The number of amides is 1. The minimum Gasteiger partial charge on any atom is -0.337 e. The van der Waals surface area contributed by atoms with Crippen LogP contribution in [0.1, 0.15) is 52.5 Å². The number of likely N-dealkylation sites (N-methyl/N-ethyl adjacent to an activating group) is 1. The normalized spacial score (nSPS) is 13.8. The molecule has 126 valence electrons. The fraction of sp³-hybridized carbons (Fsp3) is 0.474. The monoisotopic (exact) mass is 318 g/mol. The lowest BCUT2D eigenvalue weighted by molar-refractivity contribution is -0.128. The van der Waals surface area contributed by atoms with E-state index in [9.17, 15) is 9.18 Å². The van der Waals surface area contributed by atoms with E-state index in [0.717, 1.165) is 24.8 Å². The Balaban J connectivity index is 2.97. The van der Waals surface area contributed by atoms with Crippen LogP contribution < -0.4 is 0 Å². The smallest absolute Gasteiger partial charge is 0.272 e. The summed E-state index contributed by atoms with van der Waals surface area (Å²) >= 11 is 0. The van der Waals surface area contributed by atoms with E-state index in [-0.39, 0.29) is 17.8 Å². The molecule has 3 nitrogen and oxygen atoms in total. The Labute approximate surface area is 138 Å². The van der Waals surface area contributed by atoms with Crippen molar-refractivity contribution >= 4 is 11.6 Å². The third-order valence-corrected chi connectivity index (χ3v) is 4.00. The topological polar surface area (TPSA) is 32.7 Å². The molecule has 4 heteroatoms. The average Bonchev–Trinajstić information content (AvgIpc) is 2.56. The number of hydrogen-bond acceptors (Lipinski definition) is 2. The largest absolute Gasteiger partial charge is 0.337 e. The van der Waals surface area contributed by atoms with Gasteiger partial charge in [0.25, 0.3) is 5.91 Å². The van der Waals surface area contributed by atoms with Gasteiger partial charge in [0, 0.05) is 18.8 Å². The number of aliphatic imine (C=N–C) groups is 1.